The molecule has 0 aliphatic rings. The number of aliphatic hydroxyl groups excluding tert-OH is 1. The van der Waals surface area contributed by atoms with E-state index < -0.39 is 16.4 Å². The molecular weight excluding hydrogens is 216 g/mol. The molecule has 15 heavy (non-hydrogen) atoms. The Labute approximate surface area is 91.7 Å². The third kappa shape index (κ3) is 2.53. The number of thiophene rings is 1. The third-order valence-corrected chi connectivity index (χ3v) is 3.29. The van der Waals surface area contributed by atoms with E-state index in [0.717, 1.165) is 11.3 Å². The lowest BCUT2D eigenvalue weighted by Crippen LogP contribution is -2.32. The van der Waals surface area contributed by atoms with Crippen molar-refractivity contribution >= 4 is 16.3 Å². The van der Waals surface area contributed by atoms with Crippen LogP contribution in [0.5, 0.6) is 0 Å². The van der Waals surface area contributed by atoms with Gasteiger partial charge in [0.1, 0.15) is 0 Å². The summed E-state index contributed by atoms with van der Waals surface area (Å²) in [6, 6.07) is 1.07. The first-order valence-corrected chi connectivity index (χ1v) is 5.35. The third-order valence-electron chi connectivity index (χ3n) is 2.39. The summed E-state index contributed by atoms with van der Waals surface area (Å²) >= 11 is 1.05. The molecule has 1 aromatic heterocycles. The highest BCUT2D eigenvalue weighted by Gasteiger charge is 2.28. The Kier molecular flexibility index (Phi) is 3.43. The van der Waals surface area contributed by atoms with E-state index in [1.165, 1.54) is 6.07 Å². The first kappa shape index (κ1) is 12.1. The van der Waals surface area contributed by atoms with Crippen molar-refractivity contribution in [2.24, 2.45) is 11.1 Å². The molecule has 0 unspecified atom stereocenters. The van der Waals surface area contributed by atoms with Crippen LogP contribution in [0, 0.1) is 15.5 Å². The molecule has 0 saturated heterocycles. The van der Waals surface area contributed by atoms with Gasteiger partial charge in [-0.15, -0.1) is 0 Å². The van der Waals surface area contributed by atoms with E-state index >= 15 is 0 Å². The van der Waals surface area contributed by atoms with Gasteiger partial charge in [-0.3, -0.25) is 10.1 Å². The van der Waals surface area contributed by atoms with Crippen molar-refractivity contribution in [3.05, 3.63) is 27.1 Å². The van der Waals surface area contributed by atoms with Crippen molar-refractivity contribution in [1.82, 2.24) is 0 Å². The van der Waals surface area contributed by atoms with E-state index in [0.29, 0.717) is 5.56 Å². The second kappa shape index (κ2) is 4.26. The van der Waals surface area contributed by atoms with Crippen molar-refractivity contribution in [2.75, 3.05) is 6.61 Å². The van der Waals surface area contributed by atoms with Crippen molar-refractivity contribution in [1.29, 1.82) is 0 Å². The van der Waals surface area contributed by atoms with Crippen LogP contribution in [-0.2, 0) is 0 Å². The zero-order chi connectivity index (χ0) is 11.6. The van der Waals surface area contributed by atoms with Crippen LogP contribution in [0.1, 0.15) is 25.5 Å². The summed E-state index contributed by atoms with van der Waals surface area (Å²) in [5, 5.41) is 21.4. The highest BCUT2D eigenvalue weighted by atomic mass is 32.1. The molecular formula is C9H14N2O3S. The van der Waals surface area contributed by atoms with Crippen molar-refractivity contribution in [3.63, 3.8) is 0 Å². The molecule has 1 atom stereocenters. The molecule has 1 rings (SSSR count). The molecule has 1 heterocycles. The zero-order valence-corrected chi connectivity index (χ0v) is 9.45. The zero-order valence-electron chi connectivity index (χ0n) is 8.64. The van der Waals surface area contributed by atoms with Gasteiger partial charge in [0, 0.05) is 29.5 Å². The molecule has 5 nitrogen and oxygen atoms in total. The van der Waals surface area contributed by atoms with Gasteiger partial charge in [-0.2, -0.15) is 0 Å². The fraction of sp³-hybridized carbons (Fsp3) is 0.556. The fourth-order valence-electron chi connectivity index (χ4n) is 1.15. The Balaban J connectivity index is 2.92. The van der Waals surface area contributed by atoms with E-state index in [9.17, 15) is 10.1 Å². The SMILES string of the molecule is CC(C)(CO)[C@H](N)c1csc([N+](=O)[O-])c1. The predicted octanol–water partition coefficient (Wildman–Crippen LogP) is 1.67. The van der Waals surface area contributed by atoms with Crippen molar-refractivity contribution in [3.8, 4) is 0 Å². The minimum absolute atomic E-state index is 0.0577. The van der Waals surface area contributed by atoms with Crippen molar-refractivity contribution in [2.45, 2.75) is 19.9 Å². The predicted molar refractivity (Wildman–Crippen MR) is 58.8 cm³/mol. The minimum atomic E-state index is -0.477. The smallest absolute Gasteiger partial charge is 0.324 e. The van der Waals surface area contributed by atoms with Crippen LogP contribution in [-0.4, -0.2) is 16.6 Å². The standard InChI is InChI=1S/C9H14N2O3S/c1-9(2,5-12)8(10)6-3-7(11(13)14)15-4-6/h3-4,8,12H,5,10H2,1-2H3/t8-/m1/s1. The maximum atomic E-state index is 10.5. The molecule has 0 saturated carbocycles. The Hall–Kier alpha value is -0.980. The molecule has 0 bridgehead atoms. The van der Waals surface area contributed by atoms with Crippen LogP contribution >= 0.6 is 11.3 Å². The summed E-state index contributed by atoms with van der Waals surface area (Å²) in [7, 11) is 0. The van der Waals surface area contributed by atoms with Crippen LogP contribution in [0.4, 0.5) is 5.00 Å². The summed E-state index contributed by atoms with van der Waals surface area (Å²) in [6.07, 6.45) is 0. The fourth-order valence-corrected chi connectivity index (χ4v) is 1.91. The average Bonchev–Trinajstić information content (AvgIpc) is 2.65. The number of hydrogen-bond donors (Lipinski definition) is 2. The maximum absolute atomic E-state index is 10.5. The number of nitrogens with zero attached hydrogens (tertiary/aromatic N) is 1. The average molecular weight is 230 g/mol. The summed E-state index contributed by atoms with van der Waals surface area (Å²) in [5.74, 6) is 0. The topological polar surface area (TPSA) is 89.4 Å². The Bertz CT molecular complexity index is 362. The highest BCUT2D eigenvalue weighted by molar-refractivity contribution is 7.13. The molecule has 3 N–H and O–H groups in total. The van der Waals surface area contributed by atoms with E-state index in [2.05, 4.69) is 0 Å². The highest BCUT2D eigenvalue weighted by Crippen LogP contribution is 2.35. The largest absolute Gasteiger partial charge is 0.396 e. The number of hydrogen-bond acceptors (Lipinski definition) is 5. The number of nitrogens with two attached hydrogens (primary N) is 1. The molecule has 0 aromatic carbocycles. The molecule has 6 heteroatoms. The number of nitro groups is 1. The van der Waals surface area contributed by atoms with Crippen LogP contribution < -0.4 is 5.73 Å². The first-order valence-electron chi connectivity index (χ1n) is 4.48. The molecule has 0 amide bonds. The number of rotatable bonds is 4. The Morgan fingerprint density at radius 1 is 1.73 bits per heavy atom. The first-order chi connectivity index (χ1) is 6.88. The quantitative estimate of drug-likeness (QED) is 0.608. The van der Waals surface area contributed by atoms with Gasteiger partial charge in [0.25, 0.3) is 0 Å². The van der Waals surface area contributed by atoms with E-state index in [1.807, 2.05) is 13.8 Å². The van der Waals surface area contributed by atoms with Gasteiger partial charge in [0.2, 0.25) is 0 Å². The minimum Gasteiger partial charge on any atom is -0.396 e. The van der Waals surface area contributed by atoms with E-state index in [-0.39, 0.29) is 11.6 Å². The molecule has 0 aliphatic heterocycles. The van der Waals surface area contributed by atoms with E-state index in [1.54, 1.807) is 5.38 Å². The lowest BCUT2D eigenvalue weighted by molar-refractivity contribution is -0.380. The summed E-state index contributed by atoms with van der Waals surface area (Å²) < 4.78 is 0. The lowest BCUT2D eigenvalue weighted by atomic mass is 9.83. The van der Waals surface area contributed by atoms with Gasteiger partial charge in [0.05, 0.1) is 4.92 Å². The van der Waals surface area contributed by atoms with Crippen LogP contribution in [0.15, 0.2) is 11.4 Å². The molecule has 84 valence electrons. The lowest BCUT2D eigenvalue weighted by Gasteiger charge is -2.28. The van der Waals surface area contributed by atoms with Gasteiger partial charge in [-0.05, 0) is 5.56 Å². The van der Waals surface area contributed by atoms with Crippen LogP contribution in [0.3, 0.4) is 0 Å². The van der Waals surface area contributed by atoms with Gasteiger partial charge in [-0.25, -0.2) is 0 Å². The maximum Gasteiger partial charge on any atom is 0.324 e. The summed E-state index contributed by atoms with van der Waals surface area (Å²) in [5.41, 5.74) is 6.14. The molecule has 0 aliphatic carbocycles. The molecule has 0 spiro atoms. The second-order valence-corrected chi connectivity index (χ2v) is 4.99. The van der Waals surface area contributed by atoms with Gasteiger partial charge >= 0.3 is 5.00 Å². The summed E-state index contributed by atoms with van der Waals surface area (Å²) in [4.78, 5) is 10.0. The van der Waals surface area contributed by atoms with Gasteiger partial charge < -0.3 is 10.8 Å². The van der Waals surface area contributed by atoms with Crippen molar-refractivity contribution < 1.29 is 10.0 Å². The molecule has 1 aromatic rings. The van der Waals surface area contributed by atoms with Gasteiger partial charge in [-0.1, -0.05) is 25.2 Å². The van der Waals surface area contributed by atoms with Crippen LogP contribution in [0.2, 0.25) is 0 Å². The summed E-state index contributed by atoms with van der Waals surface area (Å²) in [6.45, 7) is 3.58. The Morgan fingerprint density at radius 3 is 2.73 bits per heavy atom. The monoisotopic (exact) mass is 230 g/mol. The Morgan fingerprint density at radius 2 is 2.33 bits per heavy atom. The second-order valence-electron chi connectivity index (χ2n) is 4.10. The van der Waals surface area contributed by atoms with Crippen LogP contribution in [0.25, 0.3) is 0 Å². The normalized spacial score (nSPS) is 13.9. The molecule has 0 fully saturated rings. The molecule has 0 radical (unpaired) electrons. The van der Waals surface area contributed by atoms with Gasteiger partial charge in [0.15, 0.2) is 0 Å². The number of aliphatic hydroxyl groups is 1. The van der Waals surface area contributed by atoms with E-state index in [4.69, 9.17) is 10.8 Å².